The number of amidine groups is 1. The van der Waals surface area contributed by atoms with Crippen molar-refractivity contribution in [1.29, 1.82) is 0 Å². The van der Waals surface area contributed by atoms with Gasteiger partial charge in [-0.1, -0.05) is 6.08 Å². The van der Waals surface area contributed by atoms with E-state index in [4.69, 9.17) is 4.74 Å². The number of aliphatic hydroxyl groups excluding tert-OH is 1. The maximum atomic E-state index is 9.33. The molecule has 0 amide bonds. The van der Waals surface area contributed by atoms with Gasteiger partial charge in [-0.2, -0.15) is 0 Å². The van der Waals surface area contributed by atoms with Crippen molar-refractivity contribution in [2.45, 2.75) is 44.8 Å². The van der Waals surface area contributed by atoms with Gasteiger partial charge in [-0.15, -0.1) is 0 Å². The Morgan fingerprint density at radius 2 is 2.07 bits per heavy atom. The van der Waals surface area contributed by atoms with Crippen LogP contribution < -0.4 is 0 Å². The minimum Gasteiger partial charge on any atom is -0.460 e. The largest absolute Gasteiger partial charge is 0.460 e. The molecule has 1 fully saturated rings. The molecule has 0 bridgehead atoms. The van der Waals surface area contributed by atoms with Crippen LogP contribution >= 0.6 is 0 Å². The van der Waals surface area contributed by atoms with E-state index in [9.17, 15) is 5.11 Å². The lowest BCUT2D eigenvalue weighted by Gasteiger charge is -2.25. The molecular formula is C11H18N2O2. The highest BCUT2D eigenvalue weighted by Crippen LogP contribution is 2.21. The first kappa shape index (κ1) is 11.9. The molecular weight excluding hydrogens is 192 g/mol. The van der Waals surface area contributed by atoms with Gasteiger partial charge >= 0.3 is 6.02 Å². The van der Waals surface area contributed by atoms with Crippen LogP contribution in [-0.2, 0) is 4.74 Å². The molecule has 0 aromatic carbocycles. The van der Waals surface area contributed by atoms with E-state index in [0.29, 0.717) is 6.02 Å². The molecule has 1 rings (SSSR count). The molecule has 0 spiro atoms. The molecule has 1 aliphatic rings. The number of rotatable bonds is 2. The predicted molar refractivity (Wildman–Crippen MR) is 61.1 cm³/mol. The van der Waals surface area contributed by atoms with Crippen LogP contribution in [0.2, 0.25) is 0 Å². The maximum Gasteiger partial charge on any atom is 0.315 e. The van der Waals surface area contributed by atoms with E-state index in [1.54, 1.807) is 12.3 Å². The van der Waals surface area contributed by atoms with Gasteiger partial charge < -0.3 is 9.84 Å². The maximum absolute atomic E-state index is 9.33. The highest BCUT2D eigenvalue weighted by molar-refractivity contribution is 5.79. The lowest BCUT2D eigenvalue weighted by Crippen LogP contribution is -2.26. The number of aliphatic hydroxyl groups is 1. The quantitative estimate of drug-likeness (QED) is 0.559. The van der Waals surface area contributed by atoms with Gasteiger partial charge in [0.25, 0.3) is 0 Å². The van der Waals surface area contributed by atoms with E-state index < -0.39 is 0 Å². The molecule has 0 atom stereocenters. The van der Waals surface area contributed by atoms with Crippen molar-refractivity contribution in [3.63, 3.8) is 0 Å². The number of allylic oxidation sites excluding steroid dienone is 1. The van der Waals surface area contributed by atoms with Gasteiger partial charge in [0.1, 0.15) is 6.10 Å². The van der Waals surface area contributed by atoms with Crippen molar-refractivity contribution in [1.82, 2.24) is 0 Å². The summed E-state index contributed by atoms with van der Waals surface area (Å²) in [4.78, 5) is 7.70. The molecule has 1 aliphatic carbocycles. The molecule has 1 N–H and O–H groups in total. The van der Waals surface area contributed by atoms with Crippen LogP contribution in [0.4, 0.5) is 0 Å². The summed E-state index contributed by atoms with van der Waals surface area (Å²) in [5, 5.41) is 9.33. The Morgan fingerprint density at radius 3 is 2.60 bits per heavy atom. The standard InChI is InChI=1S/C11H18N2O2/c1-3-8-13-11(12-2)15-10-6-4-9(14)5-7-10/h3,8-10,14H,2,4-7H2,1H3/b8-3-,13-11?. The van der Waals surface area contributed by atoms with E-state index in [1.807, 2.05) is 6.92 Å². The summed E-state index contributed by atoms with van der Waals surface area (Å²) in [5.74, 6) is 0. The third kappa shape index (κ3) is 4.25. The molecule has 4 nitrogen and oxygen atoms in total. The second-order valence-corrected chi connectivity index (χ2v) is 3.60. The summed E-state index contributed by atoms with van der Waals surface area (Å²) < 4.78 is 5.55. The molecule has 4 heteroatoms. The first-order valence-corrected chi connectivity index (χ1v) is 5.26. The van der Waals surface area contributed by atoms with Gasteiger partial charge in [-0.05, 0) is 39.3 Å². The van der Waals surface area contributed by atoms with Crippen molar-refractivity contribution >= 4 is 12.7 Å². The van der Waals surface area contributed by atoms with E-state index in [2.05, 4.69) is 16.7 Å². The van der Waals surface area contributed by atoms with Crippen LogP contribution in [-0.4, -0.2) is 30.1 Å². The molecule has 0 aromatic rings. The van der Waals surface area contributed by atoms with Crippen molar-refractivity contribution in [2.24, 2.45) is 9.98 Å². The van der Waals surface area contributed by atoms with Crippen molar-refractivity contribution in [3.8, 4) is 0 Å². The fraction of sp³-hybridized carbons (Fsp3) is 0.636. The van der Waals surface area contributed by atoms with Crippen LogP contribution in [0.5, 0.6) is 0 Å². The summed E-state index contributed by atoms with van der Waals surface area (Å²) in [7, 11) is 0. The number of ether oxygens (including phenoxy) is 1. The molecule has 0 unspecified atom stereocenters. The Bertz CT molecular complexity index is 253. The summed E-state index contributed by atoms with van der Waals surface area (Å²) in [6.45, 7) is 5.28. The lowest BCUT2D eigenvalue weighted by molar-refractivity contribution is 0.0601. The number of hydrogen-bond donors (Lipinski definition) is 1. The first-order valence-electron chi connectivity index (χ1n) is 5.26. The normalized spacial score (nSPS) is 28.0. The average molecular weight is 210 g/mol. The van der Waals surface area contributed by atoms with E-state index in [-0.39, 0.29) is 12.2 Å². The number of nitrogens with zero attached hydrogens (tertiary/aromatic N) is 2. The molecule has 1 saturated carbocycles. The third-order valence-electron chi connectivity index (χ3n) is 2.39. The van der Waals surface area contributed by atoms with Gasteiger partial charge in [0.05, 0.1) is 6.10 Å². The second-order valence-electron chi connectivity index (χ2n) is 3.60. The third-order valence-corrected chi connectivity index (χ3v) is 2.39. The predicted octanol–water partition coefficient (Wildman–Crippen LogP) is 1.90. The molecule has 15 heavy (non-hydrogen) atoms. The zero-order chi connectivity index (χ0) is 11.1. The van der Waals surface area contributed by atoms with Crippen molar-refractivity contribution in [3.05, 3.63) is 12.3 Å². The monoisotopic (exact) mass is 210 g/mol. The lowest BCUT2D eigenvalue weighted by atomic mass is 9.95. The SMILES string of the molecule is C=NC(=N/C=C\C)OC1CCC(O)CC1. The highest BCUT2D eigenvalue weighted by Gasteiger charge is 2.21. The van der Waals surface area contributed by atoms with E-state index in [1.165, 1.54) is 0 Å². The van der Waals surface area contributed by atoms with Gasteiger partial charge in [-0.25, -0.2) is 9.98 Å². The Balaban J connectivity index is 2.42. The molecule has 0 radical (unpaired) electrons. The van der Waals surface area contributed by atoms with Crippen molar-refractivity contribution in [2.75, 3.05) is 0 Å². The van der Waals surface area contributed by atoms with Gasteiger partial charge in [-0.3, -0.25) is 0 Å². The minimum absolute atomic E-state index is 0.114. The Kier molecular flexibility index (Phi) is 5.04. The molecule has 84 valence electrons. The Labute approximate surface area is 90.4 Å². The number of aliphatic imine (C=N–C) groups is 2. The summed E-state index contributed by atoms with van der Waals surface area (Å²) in [6, 6.07) is 0.314. The zero-order valence-electron chi connectivity index (χ0n) is 9.09. The van der Waals surface area contributed by atoms with E-state index in [0.717, 1.165) is 25.7 Å². The van der Waals surface area contributed by atoms with Crippen LogP contribution in [0.15, 0.2) is 22.3 Å². The molecule has 0 heterocycles. The molecule has 0 aliphatic heterocycles. The average Bonchev–Trinajstić information content (AvgIpc) is 2.27. The topological polar surface area (TPSA) is 54.2 Å². The number of hydrogen-bond acceptors (Lipinski definition) is 3. The zero-order valence-corrected chi connectivity index (χ0v) is 9.09. The van der Waals surface area contributed by atoms with Gasteiger partial charge in [0, 0.05) is 6.20 Å². The minimum atomic E-state index is -0.169. The fourth-order valence-electron chi connectivity index (χ4n) is 1.56. The van der Waals surface area contributed by atoms with Crippen molar-refractivity contribution < 1.29 is 9.84 Å². The van der Waals surface area contributed by atoms with Gasteiger partial charge in [0.15, 0.2) is 0 Å². The first-order chi connectivity index (χ1) is 7.26. The van der Waals surface area contributed by atoms with Crippen LogP contribution in [0, 0.1) is 0 Å². The highest BCUT2D eigenvalue weighted by atomic mass is 16.5. The Morgan fingerprint density at radius 1 is 1.40 bits per heavy atom. The molecule has 0 aromatic heterocycles. The van der Waals surface area contributed by atoms with Crippen LogP contribution in [0.3, 0.4) is 0 Å². The second kappa shape index (κ2) is 6.35. The fourth-order valence-corrected chi connectivity index (χ4v) is 1.56. The van der Waals surface area contributed by atoms with Crippen LogP contribution in [0.25, 0.3) is 0 Å². The molecule has 0 saturated heterocycles. The van der Waals surface area contributed by atoms with Gasteiger partial charge in [0.2, 0.25) is 0 Å². The van der Waals surface area contributed by atoms with E-state index >= 15 is 0 Å². The summed E-state index contributed by atoms with van der Waals surface area (Å²) in [5.41, 5.74) is 0. The van der Waals surface area contributed by atoms with Crippen LogP contribution in [0.1, 0.15) is 32.6 Å². The Hall–Kier alpha value is -1.16. The summed E-state index contributed by atoms with van der Waals surface area (Å²) >= 11 is 0. The summed E-state index contributed by atoms with van der Waals surface area (Å²) in [6.07, 6.45) is 6.66. The smallest absolute Gasteiger partial charge is 0.315 e.